The number of aromatic amines is 1. The maximum Gasteiger partial charge on any atom is 0.304 e. The van der Waals surface area contributed by atoms with Crippen LogP contribution in [0.2, 0.25) is 0 Å². The van der Waals surface area contributed by atoms with Crippen molar-refractivity contribution in [1.82, 2.24) is 30.5 Å². The van der Waals surface area contributed by atoms with Gasteiger partial charge in [-0.05, 0) is 22.6 Å². The molecule has 0 aliphatic carbocycles. The Morgan fingerprint density at radius 2 is 2.10 bits per heavy atom. The number of hydrogen-bond donors (Lipinski definition) is 2. The number of thiazole rings is 1. The lowest BCUT2D eigenvalue weighted by Gasteiger charge is -2.05. The van der Waals surface area contributed by atoms with Crippen molar-refractivity contribution >= 4 is 11.3 Å². The summed E-state index contributed by atoms with van der Waals surface area (Å²) >= 11 is 1.16. The zero-order valence-electron chi connectivity index (χ0n) is 10.5. The van der Waals surface area contributed by atoms with Crippen LogP contribution in [0.25, 0.3) is 5.69 Å². The minimum Gasteiger partial charge on any atom is -0.315 e. The van der Waals surface area contributed by atoms with E-state index in [-0.39, 0.29) is 4.87 Å². The fourth-order valence-electron chi connectivity index (χ4n) is 1.80. The standard InChI is InChI=1S/C12H12N6OS/c19-12-14-9(8-20-12)6-13-7-11-15-16-17-18(11)10-4-2-1-3-5-10/h1-5,8,13H,6-7H2,(H,14,19). The molecule has 0 spiro atoms. The maximum atomic E-state index is 11.0. The third-order valence-electron chi connectivity index (χ3n) is 2.70. The Morgan fingerprint density at radius 1 is 1.25 bits per heavy atom. The van der Waals surface area contributed by atoms with Crippen LogP contribution in [-0.2, 0) is 13.1 Å². The largest absolute Gasteiger partial charge is 0.315 e. The highest BCUT2D eigenvalue weighted by molar-refractivity contribution is 7.07. The van der Waals surface area contributed by atoms with Gasteiger partial charge < -0.3 is 10.3 Å². The number of nitrogens with one attached hydrogen (secondary N) is 2. The van der Waals surface area contributed by atoms with Crippen molar-refractivity contribution in [1.29, 1.82) is 0 Å². The third-order valence-corrected chi connectivity index (χ3v) is 3.42. The van der Waals surface area contributed by atoms with E-state index in [4.69, 9.17) is 0 Å². The van der Waals surface area contributed by atoms with Crippen molar-refractivity contribution in [2.75, 3.05) is 0 Å². The summed E-state index contributed by atoms with van der Waals surface area (Å²) in [6.07, 6.45) is 0. The van der Waals surface area contributed by atoms with Gasteiger partial charge in [-0.2, -0.15) is 4.68 Å². The molecular formula is C12H12N6OS. The lowest BCUT2D eigenvalue weighted by Crippen LogP contribution is -2.17. The molecule has 0 saturated carbocycles. The molecule has 0 amide bonds. The second-order valence-corrected chi connectivity index (χ2v) is 4.96. The van der Waals surface area contributed by atoms with Gasteiger partial charge in [-0.3, -0.25) is 4.79 Å². The first-order valence-electron chi connectivity index (χ1n) is 6.03. The van der Waals surface area contributed by atoms with E-state index in [9.17, 15) is 4.79 Å². The minimum atomic E-state index is -0.0454. The van der Waals surface area contributed by atoms with Gasteiger partial charge in [-0.1, -0.05) is 29.5 Å². The number of rotatable bonds is 5. The average molecular weight is 288 g/mol. The fourth-order valence-corrected chi connectivity index (χ4v) is 2.38. The van der Waals surface area contributed by atoms with Gasteiger partial charge in [0.05, 0.1) is 12.2 Å². The van der Waals surface area contributed by atoms with Crippen LogP contribution in [0.15, 0.2) is 40.5 Å². The molecular weight excluding hydrogens is 276 g/mol. The molecule has 0 saturated heterocycles. The summed E-state index contributed by atoms with van der Waals surface area (Å²) < 4.78 is 1.68. The Kier molecular flexibility index (Phi) is 3.66. The van der Waals surface area contributed by atoms with Crippen molar-refractivity contribution in [3.8, 4) is 5.69 Å². The molecule has 3 rings (SSSR count). The summed E-state index contributed by atoms with van der Waals surface area (Å²) in [6, 6.07) is 9.69. The zero-order chi connectivity index (χ0) is 13.8. The molecule has 3 aromatic rings. The van der Waals surface area contributed by atoms with Gasteiger partial charge in [0.25, 0.3) is 0 Å². The second-order valence-electron chi connectivity index (χ2n) is 4.12. The average Bonchev–Trinajstić information content (AvgIpc) is 3.09. The van der Waals surface area contributed by atoms with E-state index in [1.54, 1.807) is 10.1 Å². The van der Waals surface area contributed by atoms with Crippen LogP contribution in [0.3, 0.4) is 0 Å². The molecule has 0 fully saturated rings. The smallest absolute Gasteiger partial charge is 0.304 e. The van der Waals surface area contributed by atoms with E-state index in [1.807, 2.05) is 30.3 Å². The topological polar surface area (TPSA) is 88.5 Å². The first-order chi connectivity index (χ1) is 9.83. The van der Waals surface area contributed by atoms with Crippen LogP contribution in [0, 0.1) is 0 Å². The van der Waals surface area contributed by atoms with Crippen molar-refractivity contribution in [3.05, 3.63) is 56.9 Å². The highest BCUT2D eigenvalue weighted by Gasteiger charge is 2.07. The van der Waals surface area contributed by atoms with Gasteiger partial charge in [0.15, 0.2) is 5.82 Å². The van der Waals surface area contributed by atoms with Crippen LogP contribution < -0.4 is 10.2 Å². The Balaban J connectivity index is 1.67. The number of benzene rings is 1. The SMILES string of the molecule is O=c1[nH]c(CNCc2nnnn2-c2ccccc2)cs1. The third kappa shape index (κ3) is 2.81. The summed E-state index contributed by atoms with van der Waals surface area (Å²) in [5.41, 5.74) is 1.77. The molecule has 20 heavy (non-hydrogen) atoms. The number of H-pyrrole nitrogens is 1. The normalized spacial score (nSPS) is 10.8. The number of nitrogens with zero attached hydrogens (tertiary/aromatic N) is 4. The van der Waals surface area contributed by atoms with Gasteiger partial charge in [0, 0.05) is 17.6 Å². The summed E-state index contributed by atoms with van der Waals surface area (Å²) in [6.45, 7) is 1.08. The number of aromatic nitrogens is 5. The summed E-state index contributed by atoms with van der Waals surface area (Å²) in [7, 11) is 0. The second kappa shape index (κ2) is 5.76. The van der Waals surface area contributed by atoms with E-state index >= 15 is 0 Å². The molecule has 0 aliphatic heterocycles. The van der Waals surface area contributed by atoms with E-state index in [1.165, 1.54) is 0 Å². The highest BCUT2D eigenvalue weighted by atomic mass is 32.1. The first-order valence-corrected chi connectivity index (χ1v) is 6.91. The molecule has 2 N–H and O–H groups in total. The summed E-state index contributed by atoms with van der Waals surface area (Å²) in [5.74, 6) is 0.716. The maximum absolute atomic E-state index is 11.0. The van der Waals surface area contributed by atoms with E-state index in [0.29, 0.717) is 18.9 Å². The van der Waals surface area contributed by atoms with Gasteiger partial charge in [-0.15, -0.1) is 5.10 Å². The Morgan fingerprint density at radius 3 is 2.85 bits per heavy atom. The Bertz CT molecular complexity index is 732. The molecule has 1 aromatic carbocycles. The molecule has 2 heterocycles. The minimum absolute atomic E-state index is 0.0454. The lowest BCUT2D eigenvalue weighted by atomic mass is 10.3. The molecule has 2 aromatic heterocycles. The molecule has 7 nitrogen and oxygen atoms in total. The zero-order valence-corrected chi connectivity index (χ0v) is 11.3. The van der Waals surface area contributed by atoms with Gasteiger partial charge in [0.2, 0.25) is 0 Å². The molecule has 8 heteroatoms. The quantitative estimate of drug-likeness (QED) is 0.721. The molecule has 0 unspecified atom stereocenters. The monoisotopic (exact) mass is 288 g/mol. The van der Waals surface area contributed by atoms with Gasteiger partial charge in [-0.25, -0.2) is 0 Å². The molecule has 102 valence electrons. The van der Waals surface area contributed by atoms with Crippen molar-refractivity contribution in [2.45, 2.75) is 13.1 Å². The fraction of sp³-hybridized carbons (Fsp3) is 0.167. The molecule has 0 aliphatic rings. The first kappa shape index (κ1) is 12.7. The van der Waals surface area contributed by atoms with Gasteiger partial charge in [0.1, 0.15) is 0 Å². The van der Waals surface area contributed by atoms with E-state index in [2.05, 4.69) is 25.8 Å². The van der Waals surface area contributed by atoms with Gasteiger partial charge >= 0.3 is 4.87 Å². The Hall–Kier alpha value is -2.32. The molecule has 0 radical (unpaired) electrons. The lowest BCUT2D eigenvalue weighted by molar-refractivity contribution is 0.634. The van der Waals surface area contributed by atoms with Crippen LogP contribution in [0.5, 0.6) is 0 Å². The van der Waals surface area contributed by atoms with Crippen LogP contribution in [-0.4, -0.2) is 25.2 Å². The van der Waals surface area contributed by atoms with Crippen molar-refractivity contribution in [3.63, 3.8) is 0 Å². The summed E-state index contributed by atoms with van der Waals surface area (Å²) in [5, 5.41) is 16.7. The number of tetrazole rings is 1. The highest BCUT2D eigenvalue weighted by Crippen LogP contribution is 2.06. The van der Waals surface area contributed by atoms with E-state index in [0.717, 1.165) is 22.7 Å². The van der Waals surface area contributed by atoms with Crippen molar-refractivity contribution in [2.24, 2.45) is 0 Å². The van der Waals surface area contributed by atoms with Crippen LogP contribution in [0.4, 0.5) is 0 Å². The van der Waals surface area contributed by atoms with E-state index < -0.39 is 0 Å². The number of hydrogen-bond acceptors (Lipinski definition) is 6. The van der Waals surface area contributed by atoms with Crippen LogP contribution >= 0.6 is 11.3 Å². The molecule has 0 bridgehead atoms. The van der Waals surface area contributed by atoms with Crippen molar-refractivity contribution < 1.29 is 0 Å². The predicted octanol–water partition coefficient (Wildman–Crippen LogP) is 0.702. The molecule has 0 atom stereocenters. The Labute approximate surface area is 118 Å². The summed E-state index contributed by atoms with van der Waals surface area (Å²) in [4.78, 5) is 13.7. The predicted molar refractivity (Wildman–Crippen MR) is 74.6 cm³/mol. The number of para-hydroxylation sites is 1. The van der Waals surface area contributed by atoms with Crippen LogP contribution in [0.1, 0.15) is 11.5 Å².